The molecule has 2 saturated heterocycles. The molecule has 2 aliphatic rings. The summed E-state index contributed by atoms with van der Waals surface area (Å²) in [4.78, 5) is 2.28. The molecule has 1 aromatic carbocycles. The number of benzene rings is 1. The smallest absolute Gasteiger partial charge is 0.208 e. The molecule has 2 aromatic rings. The van der Waals surface area contributed by atoms with Gasteiger partial charge >= 0.3 is 0 Å². The molecule has 3 N–H and O–H groups in total. The molecule has 0 amide bonds. The lowest BCUT2D eigenvalue weighted by molar-refractivity contribution is 0.161. The van der Waals surface area contributed by atoms with E-state index >= 15 is 0 Å². The fourth-order valence-corrected chi connectivity index (χ4v) is 6.59. The van der Waals surface area contributed by atoms with E-state index in [-0.39, 0.29) is 11.1 Å². The standard InChI is InChI=1S/C25H35ClN6S/c1-24(2)13-17(14-25(3,4)31-24)32(5)23-30-29-22(33-23)18-10-9-16(12-20(18)26)19(15-27)21-8-6-7-11-28-21/h9-10,12,15,17,27-28,31H,6-8,11,13-14H2,1-5H3/b21-19+,27-15?. The van der Waals surface area contributed by atoms with Gasteiger partial charge in [-0.1, -0.05) is 29.0 Å². The molecule has 0 bridgehead atoms. The second-order valence-electron chi connectivity index (χ2n) is 10.6. The van der Waals surface area contributed by atoms with Gasteiger partial charge in [-0.2, -0.15) is 0 Å². The normalized spacial score (nSPS) is 21.9. The third-order valence-corrected chi connectivity index (χ3v) is 7.96. The number of rotatable bonds is 5. The molecule has 2 fully saturated rings. The zero-order valence-corrected chi connectivity index (χ0v) is 21.8. The molecule has 0 unspecified atom stereocenters. The largest absolute Gasteiger partial charge is 0.388 e. The highest BCUT2D eigenvalue weighted by Crippen LogP contribution is 2.38. The van der Waals surface area contributed by atoms with Gasteiger partial charge in [0.05, 0.1) is 5.02 Å². The Bertz CT molecular complexity index is 1030. The Kier molecular flexibility index (Phi) is 6.85. The Balaban J connectivity index is 1.57. The lowest BCUT2D eigenvalue weighted by atomic mass is 9.79. The molecule has 3 heterocycles. The van der Waals surface area contributed by atoms with Crippen LogP contribution in [-0.4, -0.2) is 47.1 Å². The van der Waals surface area contributed by atoms with E-state index in [9.17, 15) is 0 Å². The van der Waals surface area contributed by atoms with Gasteiger partial charge in [0.2, 0.25) is 5.13 Å². The number of nitrogens with one attached hydrogen (secondary N) is 3. The second kappa shape index (κ2) is 9.35. The molecule has 0 radical (unpaired) electrons. The molecule has 8 heteroatoms. The third kappa shape index (κ3) is 5.42. The van der Waals surface area contributed by atoms with Gasteiger partial charge in [0.25, 0.3) is 0 Å². The number of halogens is 1. The van der Waals surface area contributed by atoms with Crippen LogP contribution in [0.4, 0.5) is 5.13 Å². The van der Waals surface area contributed by atoms with Gasteiger partial charge in [-0.25, -0.2) is 0 Å². The van der Waals surface area contributed by atoms with E-state index in [1.807, 2.05) is 18.2 Å². The summed E-state index contributed by atoms with van der Waals surface area (Å²) in [5.74, 6) is 0. The first-order chi connectivity index (χ1) is 15.6. The minimum absolute atomic E-state index is 0.0710. The van der Waals surface area contributed by atoms with Gasteiger partial charge in [0, 0.05) is 53.8 Å². The minimum atomic E-state index is 0.0710. The van der Waals surface area contributed by atoms with Gasteiger partial charge < -0.3 is 20.9 Å². The van der Waals surface area contributed by atoms with Crippen molar-refractivity contribution in [2.24, 2.45) is 0 Å². The van der Waals surface area contributed by atoms with Crippen LogP contribution in [0.1, 0.15) is 65.4 Å². The van der Waals surface area contributed by atoms with Crippen molar-refractivity contribution in [2.45, 2.75) is 76.9 Å². The molecule has 0 atom stereocenters. The highest BCUT2D eigenvalue weighted by molar-refractivity contribution is 7.18. The molecular weight excluding hydrogens is 452 g/mol. The number of anilines is 1. The molecule has 0 aliphatic carbocycles. The molecule has 0 spiro atoms. The molecule has 33 heavy (non-hydrogen) atoms. The molecule has 6 nitrogen and oxygen atoms in total. The maximum absolute atomic E-state index is 7.93. The number of allylic oxidation sites excluding steroid dienone is 2. The Labute approximate surface area is 206 Å². The van der Waals surface area contributed by atoms with Crippen molar-refractivity contribution in [1.29, 1.82) is 5.41 Å². The van der Waals surface area contributed by atoms with Gasteiger partial charge in [-0.15, -0.1) is 10.2 Å². The summed E-state index contributed by atoms with van der Waals surface area (Å²) in [7, 11) is 2.12. The highest BCUT2D eigenvalue weighted by atomic mass is 35.5. The van der Waals surface area contributed by atoms with Crippen LogP contribution in [0, 0.1) is 5.41 Å². The summed E-state index contributed by atoms with van der Waals surface area (Å²) >= 11 is 8.30. The van der Waals surface area contributed by atoms with E-state index in [0.29, 0.717) is 11.1 Å². The Morgan fingerprint density at radius 3 is 2.52 bits per heavy atom. The summed E-state index contributed by atoms with van der Waals surface area (Å²) in [5.41, 5.74) is 4.03. The van der Waals surface area contributed by atoms with E-state index < -0.39 is 0 Å². The lowest BCUT2D eigenvalue weighted by Crippen LogP contribution is -2.61. The first-order valence-corrected chi connectivity index (χ1v) is 12.9. The Hall–Kier alpha value is -1.96. The zero-order chi connectivity index (χ0) is 23.8. The highest BCUT2D eigenvalue weighted by Gasteiger charge is 2.39. The van der Waals surface area contributed by atoms with Crippen LogP contribution in [0.15, 0.2) is 23.9 Å². The molecule has 178 valence electrons. The van der Waals surface area contributed by atoms with Gasteiger partial charge in [0.15, 0.2) is 5.01 Å². The second-order valence-corrected chi connectivity index (χ2v) is 11.9. The molecule has 0 saturated carbocycles. The van der Waals surface area contributed by atoms with Crippen molar-refractivity contribution in [3.8, 4) is 10.6 Å². The van der Waals surface area contributed by atoms with Crippen LogP contribution in [0.2, 0.25) is 5.02 Å². The number of piperidine rings is 2. The van der Waals surface area contributed by atoms with Crippen molar-refractivity contribution < 1.29 is 0 Å². The minimum Gasteiger partial charge on any atom is -0.388 e. The van der Waals surface area contributed by atoms with Crippen LogP contribution in [-0.2, 0) is 0 Å². The van der Waals surface area contributed by atoms with Crippen molar-refractivity contribution in [2.75, 3.05) is 18.5 Å². The van der Waals surface area contributed by atoms with Gasteiger partial charge in [-0.3, -0.25) is 0 Å². The van der Waals surface area contributed by atoms with E-state index in [4.69, 9.17) is 17.0 Å². The number of hydrogen-bond acceptors (Lipinski definition) is 7. The maximum Gasteiger partial charge on any atom is 0.208 e. The molecular formula is C25H35ClN6S. The SMILES string of the molecule is CN(c1nnc(-c2ccc(/C(C=N)=C3\CCCCN3)cc2Cl)s1)C1CC(C)(C)NC(C)(C)C1. The number of hydrogen-bond donors (Lipinski definition) is 3. The first kappa shape index (κ1) is 24.2. The number of aromatic nitrogens is 2. The van der Waals surface area contributed by atoms with Crippen LogP contribution >= 0.6 is 22.9 Å². The summed E-state index contributed by atoms with van der Waals surface area (Å²) in [6.45, 7) is 10.0. The van der Waals surface area contributed by atoms with Crippen molar-refractivity contribution in [1.82, 2.24) is 20.8 Å². The van der Waals surface area contributed by atoms with E-state index in [0.717, 1.165) is 64.8 Å². The summed E-state index contributed by atoms with van der Waals surface area (Å²) in [6.07, 6.45) is 6.82. The molecule has 4 rings (SSSR count). The zero-order valence-electron chi connectivity index (χ0n) is 20.3. The lowest BCUT2D eigenvalue weighted by Gasteiger charge is -2.48. The van der Waals surface area contributed by atoms with Gasteiger partial charge in [0.1, 0.15) is 0 Å². The van der Waals surface area contributed by atoms with Crippen LogP contribution in [0.25, 0.3) is 16.1 Å². The van der Waals surface area contributed by atoms with E-state index in [1.54, 1.807) is 11.3 Å². The van der Waals surface area contributed by atoms with E-state index in [1.165, 1.54) is 12.6 Å². The van der Waals surface area contributed by atoms with Crippen LogP contribution in [0.5, 0.6) is 0 Å². The number of nitrogens with zero attached hydrogens (tertiary/aromatic N) is 3. The average molecular weight is 487 g/mol. The Morgan fingerprint density at radius 1 is 1.18 bits per heavy atom. The quantitative estimate of drug-likeness (QED) is 0.470. The summed E-state index contributed by atoms with van der Waals surface area (Å²) in [5, 5.41) is 26.5. The third-order valence-electron chi connectivity index (χ3n) is 6.60. The Morgan fingerprint density at radius 2 is 1.91 bits per heavy atom. The maximum atomic E-state index is 7.93. The summed E-state index contributed by atoms with van der Waals surface area (Å²) < 4.78 is 0. The molecule has 1 aromatic heterocycles. The van der Waals surface area contributed by atoms with Gasteiger partial charge in [-0.05, 0) is 77.5 Å². The van der Waals surface area contributed by atoms with E-state index in [2.05, 4.69) is 60.5 Å². The van der Waals surface area contributed by atoms with Crippen LogP contribution in [0.3, 0.4) is 0 Å². The van der Waals surface area contributed by atoms with Crippen molar-refractivity contribution in [3.63, 3.8) is 0 Å². The average Bonchev–Trinajstić information content (AvgIpc) is 3.22. The van der Waals surface area contributed by atoms with Crippen LogP contribution < -0.4 is 15.5 Å². The predicted molar refractivity (Wildman–Crippen MR) is 141 cm³/mol. The first-order valence-electron chi connectivity index (χ1n) is 11.7. The fraction of sp³-hybridized carbons (Fsp3) is 0.560. The fourth-order valence-electron chi connectivity index (χ4n) is 5.35. The monoisotopic (exact) mass is 486 g/mol. The van der Waals surface area contributed by atoms with Crippen molar-refractivity contribution in [3.05, 3.63) is 34.5 Å². The molecule has 2 aliphatic heterocycles. The predicted octanol–water partition coefficient (Wildman–Crippen LogP) is 5.74. The van der Waals surface area contributed by atoms with Crippen molar-refractivity contribution >= 4 is 39.9 Å². The summed E-state index contributed by atoms with van der Waals surface area (Å²) in [6, 6.07) is 6.38. The topological polar surface area (TPSA) is 76.9 Å².